The lowest BCUT2D eigenvalue weighted by molar-refractivity contribution is -0.320. The Labute approximate surface area is 146 Å². The first-order chi connectivity index (χ1) is 12.0. The van der Waals surface area contributed by atoms with E-state index in [2.05, 4.69) is 18.2 Å². The predicted molar refractivity (Wildman–Crippen MR) is 87.9 cm³/mol. The first kappa shape index (κ1) is 17.0. The Hall–Kier alpha value is -2.88. The zero-order chi connectivity index (χ0) is 18.3. The molecule has 1 aromatic carbocycles. The van der Waals surface area contributed by atoms with Gasteiger partial charge >= 0.3 is 0 Å². The van der Waals surface area contributed by atoms with Crippen LogP contribution in [0.1, 0.15) is 38.2 Å². The third-order valence-corrected chi connectivity index (χ3v) is 5.31. The summed E-state index contributed by atoms with van der Waals surface area (Å²) in [5, 5.41) is 38.5. The van der Waals surface area contributed by atoms with Gasteiger partial charge in [0.2, 0.25) is 11.7 Å². The molecule has 0 aliphatic carbocycles. The Bertz CT molecular complexity index is 818. The topological polar surface area (TPSA) is 114 Å². The monoisotopic (exact) mass is 334 g/mol. The van der Waals surface area contributed by atoms with Gasteiger partial charge in [0.05, 0.1) is 30.2 Å². The fraction of sp³-hybridized carbons (Fsp3) is 0.474. The van der Waals surface area contributed by atoms with Crippen LogP contribution in [0.4, 0.5) is 0 Å². The molecule has 1 N–H and O–H groups in total. The molecule has 1 aromatic rings. The van der Waals surface area contributed by atoms with E-state index in [-0.39, 0.29) is 5.90 Å². The molecule has 3 aliphatic rings. The average molecular weight is 334 g/mol. The van der Waals surface area contributed by atoms with Crippen molar-refractivity contribution in [3.63, 3.8) is 0 Å². The van der Waals surface area contributed by atoms with Gasteiger partial charge in [-0.25, -0.2) is 0 Å². The van der Waals surface area contributed by atoms with Crippen LogP contribution in [-0.2, 0) is 9.47 Å². The fourth-order valence-electron chi connectivity index (χ4n) is 4.28. The van der Waals surface area contributed by atoms with Crippen molar-refractivity contribution in [1.82, 2.24) is 0 Å². The average Bonchev–Trinajstić information content (AvgIpc) is 2.61. The van der Waals surface area contributed by atoms with Crippen LogP contribution in [0.3, 0.4) is 0 Å². The molecular weight excluding hydrogens is 316 g/mol. The molecule has 2 bridgehead atoms. The van der Waals surface area contributed by atoms with Crippen LogP contribution in [0.2, 0.25) is 0 Å². The molecule has 126 valence electrons. The van der Waals surface area contributed by atoms with Crippen molar-refractivity contribution < 1.29 is 9.47 Å². The molecular formula is C19H18N4O2. The zero-order valence-corrected chi connectivity index (χ0v) is 14.1. The van der Waals surface area contributed by atoms with Crippen molar-refractivity contribution in [1.29, 1.82) is 21.2 Å². The highest BCUT2D eigenvalue weighted by Gasteiger charge is 2.78. The quantitative estimate of drug-likeness (QED) is 0.911. The summed E-state index contributed by atoms with van der Waals surface area (Å²) in [5.74, 6) is -2.52. The van der Waals surface area contributed by atoms with E-state index in [0.29, 0.717) is 18.4 Å². The SMILES string of the molecule is CCCC1OC2(C)OC(=N)C1(C#N)C(C#N)(C#N)C2c1ccccc1. The summed E-state index contributed by atoms with van der Waals surface area (Å²) < 4.78 is 11.8. The second-order valence-corrected chi connectivity index (χ2v) is 6.64. The third-order valence-electron chi connectivity index (χ3n) is 5.31. The molecule has 0 radical (unpaired) electrons. The number of ether oxygens (including phenoxy) is 2. The van der Waals surface area contributed by atoms with Crippen molar-refractivity contribution in [3.8, 4) is 18.2 Å². The number of hydrogen-bond acceptors (Lipinski definition) is 6. The Kier molecular flexibility index (Phi) is 3.79. The van der Waals surface area contributed by atoms with Crippen LogP contribution in [0, 0.1) is 50.2 Å². The van der Waals surface area contributed by atoms with Gasteiger partial charge in [0.1, 0.15) is 0 Å². The lowest BCUT2D eigenvalue weighted by Crippen LogP contribution is -2.73. The standard InChI is InChI=1S/C19H18N4O2/c1-3-7-14-19(12-22)16(23)25-17(2,24-14)15(18(19,10-20)11-21)13-8-5-4-6-9-13/h4-6,8-9,14-15,23H,3,7H2,1-2H3. The summed E-state index contributed by atoms with van der Waals surface area (Å²) in [6, 6.07) is 15.3. The van der Waals surface area contributed by atoms with Crippen LogP contribution >= 0.6 is 0 Å². The number of hydrogen-bond donors (Lipinski definition) is 1. The maximum Gasteiger partial charge on any atom is 0.219 e. The van der Waals surface area contributed by atoms with Crippen LogP contribution < -0.4 is 0 Å². The molecule has 25 heavy (non-hydrogen) atoms. The van der Waals surface area contributed by atoms with Gasteiger partial charge in [0.25, 0.3) is 0 Å². The second-order valence-electron chi connectivity index (χ2n) is 6.64. The molecule has 0 spiro atoms. The summed E-state index contributed by atoms with van der Waals surface area (Å²) in [5.41, 5.74) is -2.86. The number of nitriles is 3. The second kappa shape index (κ2) is 5.59. The van der Waals surface area contributed by atoms with Gasteiger partial charge in [-0.2, -0.15) is 15.8 Å². The number of nitrogens with one attached hydrogen (secondary N) is 1. The Morgan fingerprint density at radius 1 is 1.12 bits per heavy atom. The summed E-state index contributed by atoms with van der Waals surface area (Å²) >= 11 is 0. The van der Waals surface area contributed by atoms with Crippen LogP contribution in [0.5, 0.6) is 0 Å². The van der Waals surface area contributed by atoms with E-state index < -0.39 is 28.6 Å². The normalized spacial score (nSPS) is 35.1. The summed E-state index contributed by atoms with van der Waals surface area (Å²) in [6.45, 7) is 3.57. The first-order valence-electron chi connectivity index (χ1n) is 8.20. The molecule has 0 amide bonds. The molecule has 4 rings (SSSR count). The molecule has 0 saturated carbocycles. The number of rotatable bonds is 3. The molecule has 3 saturated heterocycles. The predicted octanol–water partition coefficient (Wildman–Crippen LogP) is 3.24. The molecule has 0 aromatic heterocycles. The molecule has 6 nitrogen and oxygen atoms in total. The molecule has 3 fully saturated rings. The minimum Gasteiger partial charge on any atom is -0.447 e. The largest absolute Gasteiger partial charge is 0.447 e. The van der Waals surface area contributed by atoms with Gasteiger partial charge in [-0.1, -0.05) is 43.7 Å². The van der Waals surface area contributed by atoms with E-state index in [1.807, 2.05) is 13.0 Å². The molecule has 4 atom stereocenters. The maximum atomic E-state index is 10.1. The van der Waals surface area contributed by atoms with E-state index in [0.717, 1.165) is 0 Å². The number of nitrogens with zero attached hydrogens (tertiary/aromatic N) is 3. The van der Waals surface area contributed by atoms with Crippen molar-refractivity contribution in [2.24, 2.45) is 10.8 Å². The van der Waals surface area contributed by atoms with Crippen LogP contribution in [0.15, 0.2) is 30.3 Å². The van der Waals surface area contributed by atoms with Gasteiger partial charge in [-0.3, -0.25) is 5.41 Å². The third kappa shape index (κ3) is 1.88. The van der Waals surface area contributed by atoms with E-state index in [1.54, 1.807) is 31.2 Å². The van der Waals surface area contributed by atoms with Gasteiger partial charge < -0.3 is 9.47 Å². The number of fused-ring (bicyclic) bond motifs is 3. The summed E-state index contributed by atoms with van der Waals surface area (Å²) in [7, 11) is 0. The summed E-state index contributed by atoms with van der Waals surface area (Å²) in [4.78, 5) is 0. The van der Waals surface area contributed by atoms with E-state index in [4.69, 9.17) is 14.9 Å². The summed E-state index contributed by atoms with van der Waals surface area (Å²) in [6.07, 6.45) is 0.412. The Morgan fingerprint density at radius 3 is 2.28 bits per heavy atom. The lowest BCUT2D eigenvalue weighted by atomic mass is 9.49. The first-order valence-corrected chi connectivity index (χ1v) is 8.20. The van der Waals surface area contributed by atoms with Gasteiger partial charge in [0, 0.05) is 6.92 Å². The minimum absolute atomic E-state index is 0.350. The fourth-order valence-corrected chi connectivity index (χ4v) is 4.28. The van der Waals surface area contributed by atoms with Crippen molar-refractivity contribution in [2.45, 2.75) is 44.5 Å². The van der Waals surface area contributed by atoms with Crippen LogP contribution in [-0.4, -0.2) is 17.8 Å². The Morgan fingerprint density at radius 2 is 1.76 bits per heavy atom. The Balaban J connectivity index is 2.34. The highest BCUT2D eigenvalue weighted by atomic mass is 16.7. The maximum absolute atomic E-state index is 10.1. The lowest BCUT2D eigenvalue weighted by Gasteiger charge is -2.61. The molecule has 3 heterocycles. The van der Waals surface area contributed by atoms with Gasteiger partial charge in [0.15, 0.2) is 10.8 Å². The van der Waals surface area contributed by atoms with E-state index >= 15 is 0 Å². The van der Waals surface area contributed by atoms with Crippen molar-refractivity contribution in [2.75, 3.05) is 0 Å². The highest BCUT2D eigenvalue weighted by Crippen LogP contribution is 2.65. The highest BCUT2D eigenvalue weighted by molar-refractivity contribution is 5.89. The molecule has 4 unspecified atom stereocenters. The van der Waals surface area contributed by atoms with E-state index in [1.165, 1.54) is 0 Å². The van der Waals surface area contributed by atoms with Crippen LogP contribution in [0.25, 0.3) is 0 Å². The van der Waals surface area contributed by atoms with Crippen molar-refractivity contribution in [3.05, 3.63) is 35.9 Å². The molecule has 3 aliphatic heterocycles. The smallest absolute Gasteiger partial charge is 0.219 e. The number of benzene rings is 1. The van der Waals surface area contributed by atoms with Gasteiger partial charge in [-0.05, 0) is 12.0 Å². The molecule has 6 heteroatoms. The van der Waals surface area contributed by atoms with Crippen molar-refractivity contribution >= 4 is 5.90 Å². The minimum atomic E-state index is -1.77. The van der Waals surface area contributed by atoms with Gasteiger partial charge in [-0.15, -0.1) is 0 Å². The van der Waals surface area contributed by atoms with E-state index in [9.17, 15) is 15.8 Å². The zero-order valence-electron chi connectivity index (χ0n) is 14.1.